The second-order valence-electron chi connectivity index (χ2n) is 5.94. The number of para-hydroxylation sites is 1. The van der Waals surface area contributed by atoms with E-state index in [-0.39, 0.29) is 17.2 Å². The van der Waals surface area contributed by atoms with Crippen LogP contribution in [0.15, 0.2) is 30.8 Å². The van der Waals surface area contributed by atoms with Crippen LogP contribution in [0.5, 0.6) is 0 Å². The van der Waals surface area contributed by atoms with Gasteiger partial charge in [-0.15, -0.1) is 0 Å². The summed E-state index contributed by atoms with van der Waals surface area (Å²) < 4.78 is 0. The number of hydrazine groups is 1. The van der Waals surface area contributed by atoms with E-state index in [0.29, 0.717) is 12.1 Å². The zero-order valence-corrected chi connectivity index (χ0v) is 13.5. The van der Waals surface area contributed by atoms with Crippen molar-refractivity contribution in [2.75, 3.05) is 12.8 Å². The summed E-state index contributed by atoms with van der Waals surface area (Å²) in [7, 11) is 1.76. The fourth-order valence-corrected chi connectivity index (χ4v) is 2.20. The molecular weight excluding hydrogens is 262 g/mol. The van der Waals surface area contributed by atoms with E-state index in [0.717, 1.165) is 17.6 Å². The molecule has 0 bridgehead atoms. The van der Waals surface area contributed by atoms with E-state index in [1.54, 1.807) is 7.05 Å². The number of nitrogens with one attached hydrogen (secondary N) is 2. The van der Waals surface area contributed by atoms with Crippen molar-refractivity contribution in [1.29, 1.82) is 0 Å². The van der Waals surface area contributed by atoms with Gasteiger partial charge in [-0.05, 0) is 31.5 Å². The lowest BCUT2D eigenvalue weighted by Gasteiger charge is -2.28. The molecule has 4 N–H and O–H groups in total. The van der Waals surface area contributed by atoms with Gasteiger partial charge in [0, 0.05) is 16.7 Å². The zero-order chi connectivity index (χ0) is 16.0. The van der Waals surface area contributed by atoms with Gasteiger partial charge in [0.05, 0.1) is 6.04 Å². The van der Waals surface area contributed by atoms with E-state index in [2.05, 4.69) is 17.4 Å². The number of nitrogens with two attached hydrogens (primary N) is 1. The molecule has 0 heterocycles. The molecule has 0 radical (unpaired) electrons. The minimum atomic E-state index is -0.364. The number of Topliss-reactive ketones (excluding diaryl/α,β-unsaturated/α-hetero) is 1. The van der Waals surface area contributed by atoms with Crippen LogP contribution in [0.2, 0.25) is 0 Å². The summed E-state index contributed by atoms with van der Waals surface area (Å²) in [5.74, 6) is 0.176. The van der Waals surface area contributed by atoms with E-state index >= 15 is 0 Å². The number of carbonyl (C=O) groups excluding carboxylic acids is 1. The third-order valence-electron chi connectivity index (χ3n) is 3.98. The first-order valence-electron chi connectivity index (χ1n) is 7.32. The molecule has 0 aromatic heterocycles. The Kier molecular flexibility index (Phi) is 6.12. The molecule has 1 unspecified atom stereocenters. The number of ketones is 1. The molecule has 4 nitrogen and oxygen atoms in total. The Morgan fingerprint density at radius 1 is 1.38 bits per heavy atom. The highest BCUT2D eigenvalue weighted by molar-refractivity contribution is 5.91. The number of rotatable bonds is 8. The second-order valence-corrected chi connectivity index (χ2v) is 5.94. The molecule has 0 saturated carbocycles. The zero-order valence-electron chi connectivity index (χ0n) is 13.5. The summed E-state index contributed by atoms with van der Waals surface area (Å²) >= 11 is 0. The first kappa shape index (κ1) is 17.4. The van der Waals surface area contributed by atoms with Gasteiger partial charge in [-0.2, -0.15) is 0 Å². The topological polar surface area (TPSA) is 67.1 Å². The smallest absolute Gasteiger partial charge is 0.156 e. The van der Waals surface area contributed by atoms with Gasteiger partial charge in [0.1, 0.15) is 0 Å². The van der Waals surface area contributed by atoms with Crippen molar-refractivity contribution in [3.8, 4) is 0 Å². The summed E-state index contributed by atoms with van der Waals surface area (Å²) in [6, 6.07) is 7.27. The maximum atomic E-state index is 12.7. The van der Waals surface area contributed by atoms with Gasteiger partial charge in [-0.1, -0.05) is 45.5 Å². The number of nitrogen functional groups attached to an aromatic ring is 1. The second kappa shape index (κ2) is 7.38. The Hall–Kier alpha value is -1.65. The molecule has 0 fully saturated rings. The minimum absolute atomic E-state index is 0.176. The number of hydrogen-bond donors (Lipinski definition) is 3. The average Bonchev–Trinajstić information content (AvgIpc) is 2.46. The highest BCUT2D eigenvalue weighted by Gasteiger charge is 2.32. The molecule has 1 atom stereocenters. The maximum absolute atomic E-state index is 12.7. The standard InChI is InChI=1S/C17H27N3O/c1-6-17(3,4)16(21)15(20-19-5)11-12(2)13-9-7-8-10-14(13)18/h7-10,15,19-20H,2,6,11,18H2,1,3-5H3. The van der Waals surface area contributed by atoms with E-state index in [4.69, 9.17) is 5.73 Å². The van der Waals surface area contributed by atoms with Gasteiger partial charge < -0.3 is 5.73 Å². The lowest BCUT2D eigenvalue weighted by Crippen LogP contribution is -2.48. The Labute approximate surface area is 127 Å². The number of benzene rings is 1. The summed E-state index contributed by atoms with van der Waals surface area (Å²) in [5.41, 5.74) is 14.0. The van der Waals surface area contributed by atoms with Gasteiger partial charge in [-0.3, -0.25) is 10.2 Å². The van der Waals surface area contributed by atoms with Crippen molar-refractivity contribution in [1.82, 2.24) is 10.9 Å². The monoisotopic (exact) mass is 289 g/mol. The molecule has 21 heavy (non-hydrogen) atoms. The number of anilines is 1. The lowest BCUT2D eigenvalue weighted by atomic mass is 9.80. The molecule has 0 spiro atoms. The van der Waals surface area contributed by atoms with Crippen molar-refractivity contribution in [2.45, 2.75) is 39.7 Å². The Morgan fingerprint density at radius 2 is 2.00 bits per heavy atom. The molecule has 0 aliphatic rings. The fraction of sp³-hybridized carbons (Fsp3) is 0.471. The highest BCUT2D eigenvalue weighted by atomic mass is 16.1. The van der Waals surface area contributed by atoms with Crippen molar-refractivity contribution < 1.29 is 4.79 Å². The van der Waals surface area contributed by atoms with Crippen LogP contribution in [0.25, 0.3) is 5.57 Å². The predicted molar refractivity (Wildman–Crippen MR) is 89.6 cm³/mol. The lowest BCUT2D eigenvalue weighted by molar-refractivity contribution is -0.129. The fourth-order valence-electron chi connectivity index (χ4n) is 2.20. The summed E-state index contributed by atoms with van der Waals surface area (Å²) in [6.45, 7) is 10.1. The first-order valence-corrected chi connectivity index (χ1v) is 7.32. The maximum Gasteiger partial charge on any atom is 0.156 e. The molecular formula is C17H27N3O. The largest absolute Gasteiger partial charge is 0.398 e. The molecule has 1 aromatic rings. The first-order chi connectivity index (χ1) is 9.83. The molecule has 1 aromatic carbocycles. The van der Waals surface area contributed by atoms with Gasteiger partial charge in [0.2, 0.25) is 0 Å². The van der Waals surface area contributed by atoms with Crippen LogP contribution in [0.3, 0.4) is 0 Å². The quantitative estimate of drug-likeness (QED) is 0.508. The summed E-state index contributed by atoms with van der Waals surface area (Å²) in [4.78, 5) is 12.7. The summed E-state index contributed by atoms with van der Waals surface area (Å²) in [6.07, 6.45) is 1.32. The number of carbonyl (C=O) groups is 1. The van der Waals surface area contributed by atoms with Crippen molar-refractivity contribution in [2.24, 2.45) is 5.41 Å². The van der Waals surface area contributed by atoms with Crippen LogP contribution < -0.4 is 16.6 Å². The Morgan fingerprint density at radius 3 is 2.52 bits per heavy atom. The molecule has 0 aliphatic carbocycles. The Bertz CT molecular complexity index is 509. The Balaban J connectivity index is 2.91. The molecule has 0 amide bonds. The summed E-state index contributed by atoms with van der Waals surface area (Å²) in [5, 5.41) is 0. The van der Waals surface area contributed by atoms with Crippen LogP contribution >= 0.6 is 0 Å². The van der Waals surface area contributed by atoms with Crippen molar-refractivity contribution in [3.63, 3.8) is 0 Å². The molecule has 4 heteroatoms. The third kappa shape index (κ3) is 4.41. The van der Waals surface area contributed by atoms with E-state index < -0.39 is 0 Å². The van der Waals surface area contributed by atoms with Gasteiger partial charge in [0.25, 0.3) is 0 Å². The van der Waals surface area contributed by atoms with Gasteiger partial charge >= 0.3 is 0 Å². The SMILES string of the molecule is C=C(CC(NNC)C(=O)C(C)(C)CC)c1ccccc1N. The number of hydrogen-bond acceptors (Lipinski definition) is 4. The van der Waals surface area contributed by atoms with E-state index in [9.17, 15) is 4.79 Å². The van der Waals surface area contributed by atoms with Crippen molar-refractivity contribution >= 4 is 17.0 Å². The van der Waals surface area contributed by atoms with Crippen LogP contribution in [0.1, 0.15) is 39.2 Å². The molecule has 0 aliphatic heterocycles. The molecule has 116 valence electrons. The van der Waals surface area contributed by atoms with Crippen molar-refractivity contribution in [3.05, 3.63) is 36.4 Å². The van der Waals surface area contributed by atoms with Crippen LogP contribution in [-0.4, -0.2) is 18.9 Å². The van der Waals surface area contributed by atoms with E-state index in [1.165, 1.54) is 0 Å². The molecule has 0 saturated heterocycles. The third-order valence-corrected chi connectivity index (χ3v) is 3.98. The van der Waals surface area contributed by atoms with Gasteiger partial charge in [0.15, 0.2) is 5.78 Å². The minimum Gasteiger partial charge on any atom is -0.398 e. The average molecular weight is 289 g/mol. The van der Waals surface area contributed by atoms with Crippen LogP contribution in [-0.2, 0) is 4.79 Å². The van der Waals surface area contributed by atoms with Gasteiger partial charge in [-0.25, -0.2) is 5.43 Å². The highest BCUT2D eigenvalue weighted by Crippen LogP contribution is 2.28. The van der Waals surface area contributed by atoms with Crippen LogP contribution in [0.4, 0.5) is 5.69 Å². The van der Waals surface area contributed by atoms with Crippen LogP contribution in [0, 0.1) is 5.41 Å². The normalized spacial score (nSPS) is 13.0. The van der Waals surface area contributed by atoms with E-state index in [1.807, 2.05) is 45.0 Å². The molecule has 1 rings (SSSR count). The predicted octanol–water partition coefficient (Wildman–Crippen LogP) is 2.77.